The first-order valence-electron chi connectivity index (χ1n) is 8.39. The Morgan fingerprint density at radius 2 is 1.62 bits per heavy atom. The smallest absolute Gasteiger partial charge is 0.399 e. The molecule has 2 fully saturated rings. The van der Waals surface area contributed by atoms with Gasteiger partial charge in [0.2, 0.25) is 0 Å². The van der Waals surface area contributed by atoms with Crippen LogP contribution in [-0.2, 0) is 19.1 Å². The fraction of sp³-hybridized carbons (Fsp3) is 0.647. The van der Waals surface area contributed by atoms with Crippen LogP contribution in [0.4, 0.5) is 5.69 Å². The number of sulfone groups is 1. The molecule has 0 spiro atoms. The number of anilines is 1. The second-order valence-corrected chi connectivity index (χ2v) is 10.2. The summed E-state index contributed by atoms with van der Waals surface area (Å²) in [6.07, 6.45) is 2.01. The summed E-state index contributed by atoms with van der Waals surface area (Å²) in [6, 6.07) is 8.05. The van der Waals surface area contributed by atoms with Crippen LogP contribution in [0, 0.1) is 0 Å². The van der Waals surface area contributed by atoms with E-state index in [1.54, 1.807) is 0 Å². The molecule has 0 bridgehead atoms. The number of hydrogen-bond acceptors (Lipinski definition) is 5. The summed E-state index contributed by atoms with van der Waals surface area (Å²) >= 11 is 0. The van der Waals surface area contributed by atoms with E-state index in [-0.39, 0.29) is 23.6 Å². The van der Waals surface area contributed by atoms with Gasteiger partial charge in [-0.05, 0) is 51.7 Å². The monoisotopic (exact) mass is 351 g/mol. The molecule has 24 heavy (non-hydrogen) atoms. The average Bonchev–Trinajstić information content (AvgIpc) is 3.02. The number of hydrogen-bond donors (Lipinski definition) is 0. The fourth-order valence-corrected chi connectivity index (χ4v) is 4.12. The maximum atomic E-state index is 11.7. The Kier molecular flexibility index (Phi) is 4.26. The van der Waals surface area contributed by atoms with E-state index in [9.17, 15) is 8.42 Å². The molecule has 3 rings (SSSR count). The number of rotatable bonds is 3. The maximum Gasteiger partial charge on any atom is 0.494 e. The summed E-state index contributed by atoms with van der Waals surface area (Å²) in [5.41, 5.74) is 1.32. The lowest BCUT2D eigenvalue weighted by molar-refractivity contribution is 0.00578. The van der Waals surface area contributed by atoms with Gasteiger partial charge in [-0.3, -0.25) is 0 Å². The average molecular weight is 351 g/mol. The van der Waals surface area contributed by atoms with Crippen LogP contribution in [0.1, 0.15) is 34.1 Å². The molecule has 0 aliphatic carbocycles. The van der Waals surface area contributed by atoms with Crippen molar-refractivity contribution in [1.82, 2.24) is 0 Å². The third-order valence-corrected chi connectivity index (χ3v) is 7.13. The van der Waals surface area contributed by atoms with Gasteiger partial charge in [-0.2, -0.15) is 0 Å². The first-order chi connectivity index (χ1) is 11.0. The van der Waals surface area contributed by atoms with Crippen LogP contribution in [0.25, 0.3) is 0 Å². The van der Waals surface area contributed by atoms with Crippen molar-refractivity contribution in [3.8, 4) is 0 Å². The van der Waals surface area contributed by atoms with E-state index in [4.69, 9.17) is 9.31 Å². The van der Waals surface area contributed by atoms with Crippen molar-refractivity contribution in [1.29, 1.82) is 0 Å². The molecule has 2 heterocycles. The molecular formula is C17H26BNO4S. The van der Waals surface area contributed by atoms with Crippen molar-refractivity contribution >= 4 is 28.1 Å². The van der Waals surface area contributed by atoms with Crippen molar-refractivity contribution in [3.63, 3.8) is 0 Å². The fourth-order valence-electron chi connectivity index (χ4n) is 3.13. The zero-order chi connectivity index (χ0) is 17.8. The van der Waals surface area contributed by atoms with Gasteiger partial charge in [-0.15, -0.1) is 0 Å². The Morgan fingerprint density at radius 3 is 2.08 bits per heavy atom. The molecule has 0 amide bonds. The van der Waals surface area contributed by atoms with Gasteiger partial charge >= 0.3 is 7.12 Å². The van der Waals surface area contributed by atoms with Crippen LogP contribution in [0.3, 0.4) is 0 Å². The highest BCUT2D eigenvalue weighted by atomic mass is 32.2. The molecule has 7 heteroatoms. The maximum absolute atomic E-state index is 11.7. The van der Waals surface area contributed by atoms with Gasteiger partial charge < -0.3 is 14.2 Å². The van der Waals surface area contributed by atoms with Crippen molar-refractivity contribution in [2.75, 3.05) is 24.2 Å². The highest BCUT2D eigenvalue weighted by Gasteiger charge is 2.51. The lowest BCUT2D eigenvalue weighted by Gasteiger charge is -2.32. The summed E-state index contributed by atoms with van der Waals surface area (Å²) in [5.74, 6) is 0. The Bertz CT molecular complexity index is 699. The van der Waals surface area contributed by atoms with Crippen LogP contribution < -0.4 is 10.4 Å². The van der Waals surface area contributed by atoms with Gasteiger partial charge in [0, 0.05) is 25.0 Å². The van der Waals surface area contributed by atoms with Crippen LogP contribution in [0.2, 0.25) is 0 Å². The molecule has 5 nitrogen and oxygen atoms in total. The summed E-state index contributed by atoms with van der Waals surface area (Å²) in [6.45, 7) is 9.49. The van der Waals surface area contributed by atoms with Gasteiger partial charge in [0.1, 0.15) is 0 Å². The highest BCUT2D eigenvalue weighted by Crippen LogP contribution is 2.36. The molecule has 0 radical (unpaired) electrons. The Morgan fingerprint density at radius 1 is 1.08 bits per heavy atom. The van der Waals surface area contributed by atoms with Gasteiger partial charge in [0.25, 0.3) is 0 Å². The van der Waals surface area contributed by atoms with E-state index in [1.165, 1.54) is 6.26 Å². The Balaban J connectivity index is 1.71. The van der Waals surface area contributed by atoms with Crippen LogP contribution in [0.5, 0.6) is 0 Å². The van der Waals surface area contributed by atoms with E-state index in [0.717, 1.165) is 17.7 Å². The molecule has 1 atom stereocenters. The Hall–Kier alpha value is -1.05. The lowest BCUT2D eigenvalue weighted by Crippen LogP contribution is -2.41. The van der Waals surface area contributed by atoms with Crippen LogP contribution in [0.15, 0.2) is 24.3 Å². The zero-order valence-corrected chi connectivity index (χ0v) is 15.9. The molecule has 1 aromatic rings. The quantitative estimate of drug-likeness (QED) is 0.775. The normalized spacial score (nSPS) is 26.1. The summed E-state index contributed by atoms with van der Waals surface area (Å²) in [7, 11) is -3.34. The van der Waals surface area contributed by atoms with Crippen molar-refractivity contribution in [3.05, 3.63) is 24.3 Å². The van der Waals surface area contributed by atoms with Gasteiger partial charge in [0.15, 0.2) is 9.84 Å². The predicted molar refractivity (Wildman–Crippen MR) is 97.6 cm³/mol. The lowest BCUT2D eigenvalue weighted by atomic mass is 9.79. The van der Waals surface area contributed by atoms with Crippen molar-refractivity contribution in [2.45, 2.75) is 50.6 Å². The standard InChI is InChI=1S/C17H26BNO4S/c1-16(2)17(3,4)23-18(22-16)13-6-8-14(9-7-13)19-11-10-15(12-19)24(5,20)21/h6-9,15H,10-12H2,1-5H3/t15-/m1/s1. The molecule has 2 aliphatic heterocycles. The number of benzene rings is 1. The van der Waals surface area contributed by atoms with Crippen molar-refractivity contribution in [2.24, 2.45) is 0 Å². The summed E-state index contributed by atoms with van der Waals surface area (Å²) < 4.78 is 35.5. The second-order valence-electron chi connectivity index (χ2n) is 7.87. The van der Waals surface area contributed by atoms with Gasteiger partial charge in [-0.25, -0.2) is 8.42 Å². The minimum absolute atomic E-state index is 0.264. The third-order valence-electron chi connectivity index (χ3n) is 5.53. The van der Waals surface area contributed by atoms with Gasteiger partial charge in [-0.1, -0.05) is 12.1 Å². The van der Waals surface area contributed by atoms with Crippen molar-refractivity contribution < 1.29 is 17.7 Å². The molecule has 1 aromatic carbocycles. The highest BCUT2D eigenvalue weighted by molar-refractivity contribution is 7.91. The topological polar surface area (TPSA) is 55.8 Å². The minimum Gasteiger partial charge on any atom is -0.399 e. The summed E-state index contributed by atoms with van der Waals surface area (Å²) in [4.78, 5) is 2.12. The second kappa shape index (κ2) is 5.75. The zero-order valence-electron chi connectivity index (χ0n) is 15.1. The first kappa shape index (κ1) is 17.8. The molecule has 0 unspecified atom stereocenters. The predicted octanol–water partition coefficient (Wildman–Crippen LogP) is 1.61. The molecule has 132 valence electrons. The minimum atomic E-state index is -2.97. The van der Waals surface area contributed by atoms with Gasteiger partial charge in [0.05, 0.1) is 16.5 Å². The third kappa shape index (κ3) is 3.21. The molecule has 2 saturated heterocycles. The van der Waals surface area contributed by atoms with E-state index in [1.807, 2.05) is 52.0 Å². The first-order valence-corrected chi connectivity index (χ1v) is 10.3. The molecule has 0 N–H and O–H groups in total. The molecule has 0 aromatic heterocycles. The largest absolute Gasteiger partial charge is 0.494 e. The van der Waals surface area contributed by atoms with E-state index >= 15 is 0 Å². The van der Waals surface area contributed by atoms with E-state index in [0.29, 0.717) is 13.0 Å². The Labute approximate surface area is 145 Å². The number of nitrogens with zero attached hydrogens (tertiary/aromatic N) is 1. The van der Waals surface area contributed by atoms with E-state index in [2.05, 4.69) is 4.90 Å². The molecular weight excluding hydrogens is 325 g/mol. The van der Waals surface area contributed by atoms with Crippen LogP contribution in [-0.4, -0.2) is 51.3 Å². The molecule has 0 saturated carbocycles. The summed E-state index contributed by atoms with van der Waals surface area (Å²) in [5, 5.41) is -0.264. The van der Waals surface area contributed by atoms with E-state index < -0.39 is 9.84 Å². The molecule has 2 aliphatic rings. The SMILES string of the molecule is CC1(C)OB(c2ccc(N3CC[C@@H](S(C)(=O)=O)C3)cc2)OC1(C)C. The van der Waals surface area contributed by atoms with Crippen LogP contribution >= 0.6 is 0 Å².